The Hall–Kier alpha value is -2.04. The van der Waals surface area contributed by atoms with E-state index in [9.17, 15) is 4.39 Å². The van der Waals surface area contributed by atoms with Gasteiger partial charge in [0.1, 0.15) is 5.82 Å². The molecule has 0 amide bonds. The van der Waals surface area contributed by atoms with Crippen molar-refractivity contribution in [2.45, 2.75) is 59.0 Å². The average molecular weight is 316 g/mol. The van der Waals surface area contributed by atoms with Crippen molar-refractivity contribution in [1.29, 1.82) is 0 Å². The van der Waals surface area contributed by atoms with Crippen LogP contribution in [0.4, 0.5) is 10.3 Å². The molecule has 1 atom stereocenters. The van der Waals surface area contributed by atoms with Gasteiger partial charge in [0.05, 0.1) is 0 Å². The van der Waals surface area contributed by atoms with Crippen molar-refractivity contribution >= 4 is 5.95 Å². The number of alkyl halides is 1. The smallest absolute Gasteiger partial charge is 0.223 e. The summed E-state index contributed by atoms with van der Waals surface area (Å²) in [6.07, 6.45) is 2.63. The number of anilines is 1. The van der Waals surface area contributed by atoms with Crippen molar-refractivity contribution in [3.63, 3.8) is 0 Å². The summed E-state index contributed by atoms with van der Waals surface area (Å²) in [5, 5.41) is 0. The lowest BCUT2D eigenvalue weighted by Gasteiger charge is -2.12. The molecule has 2 N–H and O–H groups in total. The average Bonchev–Trinajstić information content (AvgIpc) is 2.79. The number of nitrogens with two attached hydrogens (primary N) is 1. The number of hydrogen-bond acceptors (Lipinski definition) is 4. The third-order valence-electron chi connectivity index (χ3n) is 3.98. The second kappa shape index (κ2) is 6.60. The Kier molecular flexibility index (Phi) is 4.97. The molecule has 124 valence electrons. The van der Waals surface area contributed by atoms with E-state index in [0.29, 0.717) is 5.82 Å². The fraction of sp³-hybridized carbons (Fsp3) is 0.500. The normalized spacial score (nSPS) is 16.5. The van der Waals surface area contributed by atoms with Gasteiger partial charge < -0.3 is 5.73 Å². The van der Waals surface area contributed by atoms with E-state index in [0.717, 1.165) is 5.92 Å². The maximum atomic E-state index is 13.3. The molecule has 2 aromatic rings. The Morgan fingerprint density at radius 1 is 1.17 bits per heavy atom. The number of fused-ring (bicyclic) bond motifs is 1. The monoisotopic (exact) mass is 316 g/mol. The van der Waals surface area contributed by atoms with Gasteiger partial charge in [-0.15, -0.1) is 0 Å². The molecule has 0 saturated carbocycles. The quantitative estimate of drug-likeness (QED) is 0.863. The second-order valence-electron chi connectivity index (χ2n) is 6.68. The number of aryl methyl sites for hydroxylation is 3. The summed E-state index contributed by atoms with van der Waals surface area (Å²) in [6.45, 7) is 8.90. The van der Waals surface area contributed by atoms with Crippen LogP contribution in [-0.2, 0) is 12.1 Å². The van der Waals surface area contributed by atoms with Crippen LogP contribution in [0.2, 0.25) is 0 Å². The van der Waals surface area contributed by atoms with Crippen LogP contribution in [-0.4, -0.2) is 15.0 Å². The van der Waals surface area contributed by atoms with Gasteiger partial charge in [0.25, 0.3) is 0 Å². The van der Waals surface area contributed by atoms with Crippen molar-refractivity contribution in [2.75, 3.05) is 5.73 Å². The molecular weight excluding hydrogens is 291 g/mol. The predicted octanol–water partition coefficient (Wildman–Crippen LogP) is 4.01. The number of benzene rings is 1. The molecule has 1 aromatic carbocycles. The molecule has 5 heteroatoms. The van der Waals surface area contributed by atoms with Crippen molar-refractivity contribution in [2.24, 2.45) is 0 Å². The highest BCUT2D eigenvalue weighted by atomic mass is 19.1. The highest BCUT2D eigenvalue weighted by molar-refractivity contribution is 5.37. The van der Waals surface area contributed by atoms with Gasteiger partial charge in [-0.25, -0.2) is 9.37 Å². The maximum Gasteiger partial charge on any atom is 0.223 e. The third kappa shape index (κ3) is 4.47. The van der Waals surface area contributed by atoms with Gasteiger partial charge in [0.15, 0.2) is 11.5 Å². The lowest BCUT2D eigenvalue weighted by molar-refractivity contribution is 0.206. The molecule has 23 heavy (non-hydrogen) atoms. The first-order valence-corrected chi connectivity index (χ1v) is 7.94. The molecule has 1 heterocycles. The largest absolute Gasteiger partial charge is 0.368 e. The minimum Gasteiger partial charge on any atom is -0.368 e. The zero-order valence-corrected chi connectivity index (χ0v) is 14.5. The molecule has 1 aliphatic rings. The highest BCUT2D eigenvalue weighted by Gasteiger charge is 2.23. The fourth-order valence-electron chi connectivity index (χ4n) is 2.70. The van der Waals surface area contributed by atoms with Crippen LogP contribution in [0, 0.1) is 13.8 Å². The molecule has 0 saturated heterocycles. The van der Waals surface area contributed by atoms with E-state index in [4.69, 9.17) is 5.73 Å². The number of nitrogen functional groups attached to an aromatic ring is 1. The first-order chi connectivity index (χ1) is 10.7. The number of halogens is 1. The zero-order valence-electron chi connectivity index (χ0n) is 14.5. The van der Waals surface area contributed by atoms with Crippen molar-refractivity contribution in [1.82, 2.24) is 15.0 Å². The SMILES string of the molecule is Cc1ccc2c(c1)[C@H](C)CC2.Cc1nc(N)nc(C(C)(C)F)n1. The Morgan fingerprint density at radius 2 is 1.87 bits per heavy atom. The van der Waals surface area contributed by atoms with Gasteiger partial charge in [-0.05, 0) is 57.6 Å². The summed E-state index contributed by atoms with van der Waals surface area (Å²) in [4.78, 5) is 11.3. The van der Waals surface area contributed by atoms with E-state index >= 15 is 0 Å². The Labute approximate surface area is 137 Å². The van der Waals surface area contributed by atoms with Gasteiger partial charge in [0.2, 0.25) is 5.95 Å². The predicted molar refractivity (Wildman–Crippen MR) is 91.0 cm³/mol. The second-order valence-corrected chi connectivity index (χ2v) is 6.68. The summed E-state index contributed by atoms with van der Waals surface area (Å²) in [5.74, 6) is 1.36. The molecule has 0 unspecified atom stereocenters. The van der Waals surface area contributed by atoms with Crippen LogP contribution in [0.25, 0.3) is 0 Å². The number of hydrogen-bond donors (Lipinski definition) is 1. The van der Waals surface area contributed by atoms with Crippen LogP contribution < -0.4 is 5.73 Å². The van der Waals surface area contributed by atoms with Crippen molar-refractivity contribution in [3.8, 4) is 0 Å². The molecule has 3 rings (SSSR count). The summed E-state index contributed by atoms with van der Waals surface area (Å²) < 4.78 is 13.3. The third-order valence-corrected chi connectivity index (χ3v) is 3.98. The van der Waals surface area contributed by atoms with Crippen LogP contribution >= 0.6 is 0 Å². The zero-order chi connectivity index (χ0) is 17.2. The van der Waals surface area contributed by atoms with Crippen LogP contribution in [0.1, 0.15) is 61.4 Å². The van der Waals surface area contributed by atoms with Gasteiger partial charge in [0, 0.05) is 0 Å². The van der Waals surface area contributed by atoms with Gasteiger partial charge in [-0.3, -0.25) is 0 Å². The Morgan fingerprint density at radius 3 is 2.48 bits per heavy atom. The van der Waals surface area contributed by atoms with Crippen molar-refractivity contribution in [3.05, 3.63) is 46.5 Å². The lowest BCUT2D eigenvalue weighted by atomic mass is 10.0. The number of rotatable bonds is 1. The molecule has 0 aliphatic heterocycles. The molecule has 1 aliphatic carbocycles. The summed E-state index contributed by atoms with van der Waals surface area (Å²) >= 11 is 0. The molecular formula is C18H25FN4. The molecule has 1 aromatic heterocycles. The standard InChI is InChI=1S/C11H14.C7H11FN4/c1-8-3-5-10-6-4-9(2)11(10)7-8;1-4-10-5(7(2,3)8)12-6(9)11-4/h3,5,7,9H,4,6H2,1-2H3;1-3H3,(H2,9,10,11,12)/t9-;/m1./s1. The summed E-state index contributed by atoms with van der Waals surface area (Å²) in [5.41, 5.74) is 8.32. The first-order valence-electron chi connectivity index (χ1n) is 7.94. The van der Waals surface area contributed by atoms with Gasteiger partial charge in [-0.2, -0.15) is 9.97 Å². The molecule has 0 fully saturated rings. The highest BCUT2D eigenvalue weighted by Crippen LogP contribution is 2.32. The van der Waals surface area contributed by atoms with Crippen LogP contribution in [0.5, 0.6) is 0 Å². The minimum absolute atomic E-state index is 0.0585. The van der Waals surface area contributed by atoms with Crippen LogP contribution in [0.15, 0.2) is 18.2 Å². The van der Waals surface area contributed by atoms with Crippen molar-refractivity contribution < 1.29 is 4.39 Å². The lowest BCUT2D eigenvalue weighted by Crippen LogP contribution is -2.17. The van der Waals surface area contributed by atoms with E-state index in [2.05, 4.69) is 47.0 Å². The van der Waals surface area contributed by atoms with E-state index < -0.39 is 5.67 Å². The summed E-state index contributed by atoms with van der Waals surface area (Å²) in [7, 11) is 0. The number of nitrogens with zero attached hydrogens (tertiary/aromatic N) is 3. The molecule has 0 spiro atoms. The van der Waals surface area contributed by atoms with Crippen LogP contribution in [0.3, 0.4) is 0 Å². The molecule has 0 bridgehead atoms. The Balaban J connectivity index is 0.000000167. The van der Waals surface area contributed by atoms with Gasteiger partial charge in [-0.1, -0.05) is 30.7 Å². The van der Waals surface area contributed by atoms with Gasteiger partial charge >= 0.3 is 0 Å². The topological polar surface area (TPSA) is 64.7 Å². The van der Waals surface area contributed by atoms with E-state index in [-0.39, 0.29) is 11.8 Å². The van der Waals surface area contributed by atoms with E-state index in [1.165, 1.54) is 32.3 Å². The fourth-order valence-corrected chi connectivity index (χ4v) is 2.70. The first kappa shape index (κ1) is 17.3. The summed E-state index contributed by atoms with van der Waals surface area (Å²) in [6, 6.07) is 6.85. The maximum absolute atomic E-state index is 13.3. The molecule has 4 nitrogen and oxygen atoms in total. The van der Waals surface area contributed by atoms with E-state index in [1.807, 2.05) is 0 Å². The minimum atomic E-state index is -1.57. The Bertz CT molecular complexity index is 672. The number of aromatic nitrogens is 3. The van der Waals surface area contributed by atoms with E-state index in [1.54, 1.807) is 18.1 Å². The molecule has 0 radical (unpaired) electrons.